The van der Waals surface area contributed by atoms with Gasteiger partial charge in [0.2, 0.25) is 0 Å². The zero-order valence-electron chi connectivity index (χ0n) is 12.5. The number of nitrogens with one attached hydrogen (secondary N) is 2. The van der Waals surface area contributed by atoms with Gasteiger partial charge in [-0.3, -0.25) is 24.5 Å². The van der Waals surface area contributed by atoms with Crippen LogP contribution in [-0.2, 0) is 9.59 Å². The minimum atomic E-state index is -1.36. The second-order valence-electron chi connectivity index (χ2n) is 4.78. The molecular formula is C14H16N4O6. The number of amides is 1. The summed E-state index contributed by atoms with van der Waals surface area (Å²) < 4.78 is 0. The average molecular weight is 336 g/mol. The first-order valence-corrected chi connectivity index (χ1v) is 6.85. The Hall–Kier alpha value is -3.14. The van der Waals surface area contributed by atoms with E-state index in [0.29, 0.717) is 0 Å². The Morgan fingerprint density at radius 3 is 2.33 bits per heavy atom. The lowest BCUT2D eigenvalue weighted by Gasteiger charge is -2.13. The maximum atomic E-state index is 11.9. The number of hydrogen-bond acceptors (Lipinski definition) is 7. The van der Waals surface area contributed by atoms with Crippen LogP contribution in [0.4, 0.5) is 5.69 Å². The highest BCUT2D eigenvalue weighted by molar-refractivity contribution is 6.42. The molecule has 128 valence electrons. The summed E-state index contributed by atoms with van der Waals surface area (Å²) in [5, 5.41) is 29.5. The third-order valence-corrected chi connectivity index (χ3v) is 3.19. The van der Waals surface area contributed by atoms with Crippen LogP contribution in [-0.4, -0.2) is 46.5 Å². The maximum Gasteiger partial charge on any atom is 0.312 e. The number of nitrogens with two attached hydrogens (primary N) is 1. The van der Waals surface area contributed by atoms with E-state index in [1.165, 1.54) is 24.3 Å². The summed E-state index contributed by atoms with van der Waals surface area (Å²) in [4.78, 5) is 44.2. The zero-order chi connectivity index (χ0) is 18.3. The molecule has 1 atom stereocenters. The van der Waals surface area contributed by atoms with Crippen molar-refractivity contribution in [3.63, 3.8) is 0 Å². The summed E-state index contributed by atoms with van der Waals surface area (Å²) >= 11 is 0. The van der Waals surface area contributed by atoms with Crippen LogP contribution in [0.2, 0.25) is 0 Å². The number of carboxylic acids is 1. The molecule has 1 rings (SSSR count). The van der Waals surface area contributed by atoms with Crippen LogP contribution in [0.5, 0.6) is 0 Å². The van der Waals surface area contributed by atoms with Crippen molar-refractivity contribution in [1.82, 2.24) is 5.32 Å². The summed E-state index contributed by atoms with van der Waals surface area (Å²) in [5.41, 5.74) is 4.49. The topological polar surface area (TPSA) is 176 Å². The summed E-state index contributed by atoms with van der Waals surface area (Å²) in [5.74, 6) is -4.04. The monoisotopic (exact) mass is 336 g/mol. The van der Waals surface area contributed by atoms with Crippen molar-refractivity contribution in [2.24, 2.45) is 11.7 Å². The standard InChI is InChI=1S/C14H16N4O6/c15-7-11(19)12(16)10(14(21)22)5-6-17-13(20)8-1-3-9(4-2-8)18(23)24/h1-4,10,16H,5-7,15H2,(H,17,20)(H,21,22). The van der Waals surface area contributed by atoms with Crippen molar-refractivity contribution in [3.8, 4) is 0 Å². The Balaban J connectivity index is 2.62. The van der Waals surface area contributed by atoms with Crippen molar-refractivity contribution in [1.29, 1.82) is 5.41 Å². The number of ketones is 1. The number of carboxylic acid groups (broad SMARTS) is 1. The number of nitrogens with zero attached hydrogens (tertiary/aromatic N) is 1. The Morgan fingerprint density at radius 1 is 1.29 bits per heavy atom. The molecule has 0 aliphatic heterocycles. The average Bonchev–Trinajstić information content (AvgIpc) is 2.56. The van der Waals surface area contributed by atoms with Gasteiger partial charge in [-0.2, -0.15) is 0 Å². The van der Waals surface area contributed by atoms with E-state index in [-0.39, 0.29) is 24.2 Å². The highest BCUT2D eigenvalue weighted by atomic mass is 16.6. The van der Waals surface area contributed by atoms with E-state index < -0.39 is 40.8 Å². The number of non-ortho nitro benzene ring substituents is 1. The first-order chi connectivity index (χ1) is 11.3. The number of carbonyl (C=O) groups is 3. The van der Waals surface area contributed by atoms with Crippen LogP contribution in [0.1, 0.15) is 16.8 Å². The van der Waals surface area contributed by atoms with Crippen LogP contribution in [0.25, 0.3) is 0 Å². The van der Waals surface area contributed by atoms with Gasteiger partial charge in [0.25, 0.3) is 11.6 Å². The van der Waals surface area contributed by atoms with E-state index in [1.54, 1.807) is 0 Å². The number of aliphatic carboxylic acids is 1. The maximum absolute atomic E-state index is 11.9. The second kappa shape index (κ2) is 8.48. The van der Waals surface area contributed by atoms with Crippen molar-refractivity contribution in [2.75, 3.05) is 13.1 Å². The summed E-state index contributed by atoms with van der Waals surface area (Å²) in [6.07, 6.45) is -0.154. The predicted molar refractivity (Wildman–Crippen MR) is 83.0 cm³/mol. The Bertz CT molecular complexity index is 670. The highest BCUT2D eigenvalue weighted by Crippen LogP contribution is 2.12. The van der Waals surface area contributed by atoms with Crippen LogP contribution >= 0.6 is 0 Å². The minimum absolute atomic E-state index is 0.0903. The van der Waals surface area contributed by atoms with Gasteiger partial charge in [-0.25, -0.2) is 0 Å². The Labute approximate surface area is 136 Å². The number of carbonyl (C=O) groups excluding carboxylic acids is 2. The lowest BCUT2D eigenvalue weighted by atomic mass is 9.96. The zero-order valence-corrected chi connectivity index (χ0v) is 12.5. The molecule has 5 N–H and O–H groups in total. The SMILES string of the molecule is N=C(C(=O)CN)C(CCNC(=O)c1ccc([N+](=O)[O-])cc1)C(=O)O. The molecule has 0 fully saturated rings. The second-order valence-corrected chi connectivity index (χ2v) is 4.78. The number of nitro groups is 1. The molecule has 24 heavy (non-hydrogen) atoms. The lowest BCUT2D eigenvalue weighted by molar-refractivity contribution is -0.384. The molecule has 0 aliphatic carbocycles. The van der Waals surface area contributed by atoms with Gasteiger partial charge in [0, 0.05) is 24.2 Å². The smallest absolute Gasteiger partial charge is 0.312 e. The fraction of sp³-hybridized carbons (Fsp3) is 0.286. The number of Topliss-reactive ketones (excluding diaryl/α,β-unsaturated/α-hetero) is 1. The molecule has 0 spiro atoms. The van der Waals surface area contributed by atoms with Crippen molar-refractivity contribution in [2.45, 2.75) is 6.42 Å². The Kier molecular flexibility index (Phi) is 6.68. The minimum Gasteiger partial charge on any atom is -0.481 e. The highest BCUT2D eigenvalue weighted by Gasteiger charge is 2.26. The van der Waals surface area contributed by atoms with Gasteiger partial charge < -0.3 is 21.6 Å². The van der Waals surface area contributed by atoms with Crippen molar-refractivity contribution >= 4 is 29.1 Å². The molecule has 0 saturated heterocycles. The Morgan fingerprint density at radius 2 is 1.88 bits per heavy atom. The summed E-state index contributed by atoms with van der Waals surface area (Å²) in [6.45, 7) is -0.551. The fourth-order valence-corrected chi connectivity index (χ4v) is 1.86. The molecule has 10 nitrogen and oxygen atoms in total. The number of hydrogen-bond donors (Lipinski definition) is 4. The third kappa shape index (κ3) is 4.95. The molecule has 0 heterocycles. The van der Waals surface area contributed by atoms with Crippen LogP contribution in [0.3, 0.4) is 0 Å². The molecule has 10 heteroatoms. The van der Waals surface area contributed by atoms with E-state index >= 15 is 0 Å². The van der Waals surface area contributed by atoms with E-state index in [1.807, 2.05) is 0 Å². The molecule has 0 radical (unpaired) electrons. The largest absolute Gasteiger partial charge is 0.481 e. The molecule has 1 unspecified atom stereocenters. The van der Waals surface area contributed by atoms with E-state index in [9.17, 15) is 24.5 Å². The van der Waals surface area contributed by atoms with Crippen LogP contribution in [0.15, 0.2) is 24.3 Å². The molecule has 1 aromatic carbocycles. The van der Waals surface area contributed by atoms with E-state index in [4.69, 9.17) is 16.2 Å². The molecular weight excluding hydrogens is 320 g/mol. The molecule has 0 bridgehead atoms. The van der Waals surface area contributed by atoms with Gasteiger partial charge in [-0.05, 0) is 18.6 Å². The summed E-state index contributed by atoms with van der Waals surface area (Å²) in [7, 11) is 0. The van der Waals surface area contributed by atoms with Gasteiger partial charge >= 0.3 is 5.97 Å². The van der Waals surface area contributed by atoms with Gasteiger partial charge in [-0.1, -0.05) is 0 Å². The predicted octanol–water partition coefficient (Wildman–Crippen LogP) is -0.0369. The van der Waals surface area contributed by atoms with Gasteiger partial charge in [-0.15, -0.1) is 0 Å². The number of rotatable bonds is 9. The normalized spacial score (nSPS) is 11.4. The molecule has 1 aromatic rings. The lowest BCUT2D eigenvalue weighted by Crippen LogP contribution is -2.36. The van der Waals surface area contributed by atoms with Gasteiger partial charge in [0.05, 0.1) is 17.2 Å². The number of nitro benzene ring substituents is 1. The molecule has 1 amide bonds. The van der Waals surface area contributed by atoms with Gasteiger partial charge in [0.1, 0.15) is 5.92 Å². The van der Waals surface area contributed by atoms with Crippen molar-refractivity contribution < 1.29 is 24.4 Å². The third-order valence-electron chi connectivity index (χ3n) is 3.19. The van der Waals surface area contributed by atoms with Gasteiger partial charge in [0.15, 0.2) is 5.78 Å². The first-order valence-electron chi connectivity index (χ1n) is 6.85. The summed E-state index contributed by atoms with van der Waals surface area (Å²) in [6, 6.07) is 4.87. The van der Waals surface area contributed by atoms with Crippen LogP contribution < -0.4 is 11.1 Å². The van der Waals surface area contributed by atoms with Crippen LogP contribution in [0, 0.1) is 21.4 Å². The first kappa shape index (κ1) is 18.9. The van der Waals surface area contributed by atoms with E-state index in [2.05, 4.69) is 5.32 Å². The number of benzene rings is 1. The molecule has 0 aromatic heterocycles. The quantitative estimate of drug-likeness (QED) is 0.278. The van der Waals surface area contributed by atoms with E-state index in [0.717, 1.165) is 0 Å². The fourth-order valence-electron chi connectivity index (χ4n) is 1.86. The van der Waals surface area contributed by atoms with Crippen molar-refractivity contribution in [3.05, 3.63) is 39.9 Å². The molecule has 0 aliphatic rings. The molecule has 0 saturated carbocycles.